The van der Waals surface area contributed by atoms with E-state index in [2.05, 4.69) is 5.10 Å². The van der Waals surface area contributed by atoms with Crippen molar-refractivity contribution in [2.75, 3.05) is 26.7 Å². The molecule has 1 aromatic carbocycles. The number of rotatable bonds is 5. The van der Waals surface area contributed by atoms with Gasteiger partial charge < -0.3 is 14.9 Å². The van der Waals surface area contributed by atoms with E-state index in [1.807, 2.05) is 30.3 Å². The third-order valence-electron chi connectivity index (χ3n) is 4.67. The highest BCUT2D eigenvalue weighted by Gasteiger charge is 2.29. The fourth-order valence-corrected chi connectivity index (χ4v) is 3.14. The van der Waals surface area contributed by atoms with Crippen LogP contribution >= 0.6 is 0 Å². The Hall–Kier alpha value is -3.16. The second-order valence-corrected chi connectivity index (χ2v) is 6.66. The first-order valence-electron chi connectivity index (χ1n) is 8.83. The van der Waals surface area contributed by atoms with Crippen LogP contribution in [0.1, 0.15) is 23.3 Å². The van der Waals surface area contributed by atoms with Crippen LogP contribution in [0.5, 0.6) is 0 Å². The Morgan fingerprint density at radius 1 is 1.22 bits per heavy atom. The zero-order valence-corrected chi connectivity index (χ0v) is 15.1. The number of hydrogen-bond acceptors (Lipinski definition) is 4. The van der Waals surface area contributed by atoms with Gasteiger partial charge in [0.05, 0.1) is 18.2 Å². The number of nitrogens with zero attached hydrogens (tertiary/aromatic N) is 4. The molecule has 1 N–H and O–H groups in total. The van der Waals surface area contributed by atoms with Gasteiger partial charge in [-0.05, 0) is 31.0 Å². The molecule has 0 radical (unpaired) electrons. The van der Waals surface area contributed by atoms with Gasteiger partial charge in [-0.1, -0.05) is 18.2 Å². The number of carbonyl (C=O) groups is 3. The summed E-state index contributed by atoms with van der Waals surface area (Å²) in [5, 5.41) is 13.4. The summed E-state index contributed by atoms with van der Waals surface area (Å²) >= 11 is 0. The molecule has 142 valence electrons. The molecule has 8 nitrogen and oxygen atoms in total. The maximum absolute atomic E-state index is 12.6. The summed E-state index contributed by atoms with van der Waals surface area (Å²) in [6.45, 7) is 0.607. The summed E-state index contributed by atoms with van der Waals surface area (Å²) in [6.07, 6.45) is 2.92. The van der Waals surface area contributed by atoms with E-state index < -0.39 is 11.9 Å². The first kappa shape index (κ1) is 18.6. The van der Waals surface area contributed by atoms with Crippen molar-refractivity contribution >= 4 is 17.8 Å². The number of aromatic nitrogens is 2. The first-order chi connectivity index (χ1) is 13.0. The van der Waals surface area contributed by atoms with Gasteiger partial charge in [0.1, 0.15) is 0 Å². The van der Waals surface area contributed by atoms with Crippen molar-refractivity contribution in [1.82, 2.24) is 19.6 Å². The van der Waals surface area contributed by atoms with Crippen LogP contribution in [0.3, 0.4) is 0 Å². The van der Waals surface area contributed by atoms with Gasteiger partial charge in [0, 0.05) is 26.3 Å². The van der Waals surface area contributed by atoms with E-state index in [0.29, 0.717) is 19.4 Å². The highest BCUT2D eigenvalue weighted by Crippen LogP contribution is 2.17. The number of carboxylic acid groups (broad SMARTS) is 1. The van der Waals surface area contributed by atoms with Crippen LogP contribution in [0.4, 0.5) is 0 Å². The van der Waals surface area contributed by atoms with Crippen molar-refractivity contribution in [3.63, 3.8) is 0 Å². The molecule has 0 bridgehead atoms. The van der Waals surface area contributed by atoms with E-state index in [4.69, 9.17) is 5.11 Å². The van der Waals surface area contributed by atoms with Crippen LogP contribution in [0.25, 0.3) is 5.69 Å². The lowest BCUT2D eigenvalue weighted by atomic mass is 9.98. The molecule has 1 aliphatic rings. The van der Waals surface area contributed by atoms with E-state index in [-0.39, 0.29) is 30.6 Å². The van der Waals surface area contributed by atoms with Crippen LogP contribution in [-0.4, -0.2) is 69.2 Å². The van der Waals surface area contributed by atoms with Gasteiger partial charge in [0.15, 0.2) is 5.69 Å². The Bertz CT molecular complexity index is 833. The van der Waals surface area contributed by atoms with Gasteiger partial charge >= 0.3 is 5.97 Å². The molecule has 27 heavy (non-hydrogen) atoms. The van der Waals surface area contributed by atoms with Gasteiger partial charge in [-0.25, -0.2) is 4.68 Å². The zero-order valence-electron chi connectivity index (χ0n) is 15.1. The van der Waals surface area contributed by atoms with Gasteiger partial charge in [0.25, 0.3) is 5.91 Å². The summed E-state index contributed by atoms with van der Waals surface area (Å²) in [6, 6.07) is 11.0. The molecule has 1 saturated heterocycles. The molecule has 1 aliphatic heterocycles. The molecule has 2 amide bonds. The fraction of sp³-hybridized carbons (Fsp3) is 0.368. The Kier molecular flexibility index (Phi) is 5.54. The number of carbonyl (C=O) groups excluding carboxylic acids is 2. The highest BCUT2D eigenvalue weighted by atomic mass is 16.4. The lowest BCUT2D eigenvalue weighted by Gasteiger charge is -2.31. The quantitative estimate of drug-likeness (QED) is 0.855. The predicted molar refractivity (Wildman–Crippen MR) is 97.5 cm³/mol. The molecular weight excluding hydrogens is 348 g/mol. The molecular formula is C19H22N4O4. The lowest BCUT2D eigenvalue weighted by Crippen LogP contribution is -2.47. The number of piperidine rings is 1. The third-order valence-corrected chi connectivity index (χ3v) is 4.67. The Labute approximate surface area is 157 Å². The largest absolute Gasteiger partial charge is 0.481 e. The van der Waals surface area contributed by atoms with Gasteiger partial charge in [-0.15, -0.1) is 0 Å². The van der Waals surface area contributed by atoms with Gasteiger partial charge in [0.2, 0.25) is 5.91 Å². The predicted octanol–water partition coefficient (Wildman–Crippen LogP) is 1.27. The molecule has 3 rings (SSSR count). The summed E-state index contributed by atoms with van der Waals surface area (Å²) in [7, 11) is 1.54. The van der Waals surface area contributed by atoms with Crippen LogP contribution in [0.15, 0.2) is 42.6 Å². The average molecular weight is 370 g/mol. The van der Waals surface area contributed by atoms with E-state index in [0.717, 1.165) is 5.69 Å². The first-order valence-corrected chi connectivity index (χ1v) is 8.83. The molecule has 0 aliphatic carbocycles. The third kappa shape index (κ3) is 4.33. The molecule has 1 aromatic heterocycles. The average Bonchev–Trinajstić information content (AvgIpc) is 3.18. The summed E-state index contributed by atoms with van der Waals surface area (Å²) < 4.78 is 1.60. The molecule has 1 unspecified atom stereocenters. The number of likely N-dealkylation sites (N-methyl/N-ethyl adjacent to an activating group) is 1. The van der Waals surface area contributed by atoms with Crippen LogP contribution in [0, 0.1) is 5.92 Å². The number of carboxylic acids is 1. The SMILES string of the molecule is CN(CC(=O)N1CCCC(C(=O)O)C1)C(=O)c1ccn(-c2ccccc2)n1. The Balaban J connectivity index is 1.61. The number of benzene rings is 1. The second-order valence-electron chi connectivity index (χ2n) is 6.66. The van der Waals surface area contributed by atoms with Crippen molar-refractivity contribution in [3.05, 3.63) is 48.3 Å². The van der Waals surface area contributed by atoms with E-state index in [9.17, 15) is 14.4 Å². The summed E-state index contributed by atoms with van der Waals surface area (Å²) in [5.41, 5.74) is 1.08. The van der Waals surface area contributed by atoms with Gasteiger partial charge in [-0.2, -0.15) is 5.10 Å². The van der Waals surface area contributed by atoms with Crippen molar-refractivity contribution in [2.45, 2.75) is 12.8 Å². The Morgan fingerprint density at radius 2 is 1.96 bits per heavy atom. The Morgan fingerprint density at radius 3 is 2.67 bits per heavy atom. The van der Waals surface area contributed by atoms with Gasteiger partial charge in [-0.3, -0.25) is 14.4 Å². The topological polar surface area (TPSA) is 95.7 Å². The lowest BCUT2D eigenvalue weighted by molar-refractivity contribution is -0.145. The monoisotopic (exact) mass is 370 g/mol. The minimum atomic E-state index is -0.886. The van der Waals surface area contributed by atoms with Crippen LogP contribution < -0.4 is 0 Å². The normalized spacial score (nSPS) is 16.8. The van der Waals surface area contributed by atoms with Crippen molar-refractivity contribution in [1.29, 1.82) is 0 Å². The number of likely N-dealkylation sites (tertiary alicyclic amines) is 1. The van der Waals surface area contributed by atoms with E-state index >= 15 is 0 Å². The van der Waals surface area contributed by atoms with Crippen LogP contribution in [0.2, 0.25) is 0 Å². The molecule has 1 fully saturated rings. The fourth-order valence-electron chi connectivity index (χ4n) is 3.14. The van der Waals surface area contributed by atoms with E-state index in [1.54, 1.807) is 24.0 Å². The molecule has 2 heterocycles. The molecule has 8 heteroatoms. The maximum Gasteiger partial charge on any atom is 0.308 e. The molecule has 1 atom stereocenters. The number of aliphatic carboxylic acids is 1. The minimum absolute atomic E-state index is 0.108. The number of amides is 2. The maximum atomic E-state index is 12.6. The smallest absolute Gasteiger partial charge is 0.308 e. The van der Waals surface area contributed by atoms with Crippen LogP contribution in [-0.2, 0) is 9.59 Å². The van der Waals surface area contributed by atoms with Crippen molar-refractivity contribution in [2.24, 2.45) is 5.92 Å². The summed E-state index contributed by atoms with van der Waals surface area (Å²) in [5.74, 6) is -2.03. The van der Waals surface area contributed by atoms with Crippen molar-refractivity contribution < 1.29 is 19.5 Å². The minimum Gasteiger partial charge on any atom is -0.481 e. The summed E-state index contributed by atoms with van der Waals surface area (Å²) in [4.78, 5) is 39.0. The van der Waals surface area contributed by atoms with E-state index in [1.165, 1.54) is 9.80 Å². The standard InChI is InChI=1S/C19H22N4O4/c1-21(13-17(24)22-10-5-6-14(12-22)19(26)27)18(25)16-9-11-23(20-16)15-7-3-2-4-8-15/h2-4,7-9,11,14H,5-6,10,12-13H2,1H3,(H,26,27). The molecule has 0 spiro atoms. The zero-order chi connectivity index (χ0) is 19.4. The second kappa shape index (κ2) is 8.03. The molecule has 0 saturated carbocycles. The van der Waals surface area contributed by atoms with Crippen molar-refractivity contribution in [3.8, 4) is 5.69 Å². The highest BCUT2D eigenvalue weighted by molar-refractivity contribution is 5.94. The number of para-hydroxylation sites is 1. The molecule has 2 aromatic rings. The number of hydrogen-bond donors (Lipinski definition) is 1.